The van der Waals surface area contributed by atoms with Crippen LogP contribution < -0.4 is 9.47 Å². The van der Waals surface area contributed by atoms with Crippen LogP contribution in [-0.2, 0) is 34.5 Å². The van der Waals surface area contributed by atoms with Crippen LogP contribution >= 0.6 is 11.6 Å². The summed E-state index contributed by atoms with van der Waals surface area (Å²) in [5.74, 6) is 0.522. The van der Waals surface area contributed by atoms with Gasteiger partial charge in [-0.1, -0.05) is 35.9 Å². The van der Waals surface area contributed by atoms with Crippen LogP contribution in [0.25, 0.3) is 0 Å². The minimum atomic E-state index is -3.89. The van der Waals surface area contributed by atoms with E-state index in [9.17, 15) is 12.8 Å². The molecule has 6 nitrogen and oxygen atoms in total. The number of hydrogen-bond donors (Lipinski definition) is 0. The zero-order chi connectivity index (χ0) is 23.4. The molecular weight excluding hydrogens is 469 g/mol. The molecule has 33 heavy (non-hydrogen) atoms. The predicted molar refractivity (Wildman–Crippen MR) is 122 cm³/mol. The Bertz CT molecular complexity index is 1250. The molecule has 1 heterocycles. The zero-order valence-electron chi connectivity index (χ0n) is 18.0. The summed E-state index contributed by atoms with van der Waals surface area (Å²) in [7, 11) is -2.48. The lowest BCUT2D eigenvalue weighted by molar-refractivity contribution is 0.105. The van der Waals surface area contributed by atoms with Gasteiger partial charge in [-0.3, -0.25) is 0 Å². The van der Waals surface area contributed by atoms with Gasteiger partial charge < -0.3 is 14.2 Å². The first-order valence-corrected chi connectivity index (χ1v) is 12.1. The zero-order valence-corrected chi connectivity index (χ0v) is 19.5. The van der Waals surface area contributed by atoms with Crippen molar-refractivity contribution in [3.63, 3.8) is 0 Å². The van der Waals surface area contributed by atoms with Gasteiger partial charge in [-0.2, -0.15) is 4.31 Å². The molecule has 0 atom stereocenters. The van der Waals surface area contributed by atoms with Crippen molar-refractivity contribution < 1.29 is 27.0 Å². The topological polar surface area (TPSA) is 65.1 Å². The van der Waals surface area contributed by atoms with E-state index in [0.717, 1.165) is 5.56 Å². The molecule has 0 aromatic heterocycles. The lowest BCUT2D eigenvalue weighted by Gasteiger charge is -2.21. The lowest BCUT2D eigenvalue weighted by Crippen LogP contribution is -2.32. The standard InChI is InChI=1S/C24H23ClFNO5S/c1-30-23-9-7-20(25)13-24(23)33(28,29)27-10-11-32-22-8-6-17(12-19(22)14-27)15-31-16-18-4-2-3-5-21(18)26/h2-9,12-13H,10-11,14-16H2,1H3. The maximum atomic E-state index is 13.8. The molecule has 0 aliphatic carbocycles. The summed E-state index contributed by atoms with van der Waals surface area (Å²) in [6.45, 7) is 0.879. The van der Waals surface area contributed by atoms with Crippen LogP contribution in [0.3, 0.4) is 0 Å². The van der Waals surface area contributed by atoms with Gasteiger partial charge >= 0.3 is 0 Å². The van der Waals surface area contributed by atoms with Crippen LogP contribution in [0.2, 0.25) is 5.02 Å². The SMILES string of the molecule is COc1ccc(Cl)cc1S(=O)(=O)N1CCOc2ccc(COCc3ccccc3F)cc2C1. The number of fused-ring (bicyclic) bond motifs is 1. The summed E-state index contributed by atoms with van der Waals surface area (Å²) in [4.78, 5) is 0.00493. The Balaban J connectivity index is 1.53. The summed E-state index contributed by atoms with van der Waals surface area (Å²) >= 11 is 6.05. The number of rotatable bonds is 7. The molecule has 0 saturated carbocycles. The molecule has 3 aromatic rings. The second kappa shape index (κ2) is 10.1. The van der Waals surface area contributed by atoms with Crippen molar-refractivity contribution in [2.45, 2.75) is 24.7 Å². The molecule has 1 aliphatic heterocycles. The number of hydrogen-bond acceptors (Lipinski definition) is 5. The molecule has 174 valence electrons. The molecular formula is C24H23ClFNO5S. The third kappa shape index (κ3) is 5.30. The highest BCUT2D eigenvalue weighted by molar-refractivity contribution is 7.89. The summed E-state index contributed by atoms with van der Waals surface area (Å²) < 4.78 is 58.6. The van der Waals surface area contributed by atoms with Crippen LogP contribution in [0, 0.1) is 5.82 Å². The number of sulfonamides is 1. The van der Waals surface area contributed by atoms with Crippen molar-refractivity contribution in [2.24, 2.45) is 0 Å². The fraction of sp³-hybridized carbons (Fsp3) is 0.250. The van der Waals surface area contributed by atoms with E-state index in [2.05, 4.69) is 0 Å². The van der Waals surface area contributed by atoms with Crippen LogP contribution in [-0.4, -0.2) is 33.0 Å². The van der Waals surface area contributed by atoms with E-state index in [1.165, 1.54) is 29.6 Å². The highest BCUT2D eigenvalue weighted by Gasteiger charge is 2.30. The molecule has 0 bridgehead atoms. The first kappa shape index (κ1) is 23.5. The second-order valence-corrected chi connectivity index (χ2v) is 9.85. The third-order valence-electron chi connectivity index (χ3n) is 5.30. The summed E-state index contributed by atoms with van der Waals surface area (Å²) in [5.41, 5.74) is 2.01. The Morgan fingerprint density at radius 1 is 1.09 bits per heavy atom. The molecule has 3 aromatic carbocycles. The molecule has 0 amide bonds. The highest BCUT2D eigenvalue weighted by Crippen LogP contribution is 2.33. The minimum Gasteiger partial charge on any atom is -0.495 e. The molecule has 0 unspecified atom stereocenters. The van der Waals surface area contributed by atoms with Crippen molar-refractivity contribution in [3.05, 3.63) is 88.2 Å². The maximum Gasteiger partial charge on any atom is 0.247 e. The third-order valence-corrected chi connectivity index (χ3v) is 7.40. The fourth-order valence-electron chi connectivity index (χ4n) is 3.60. The Morgan fingerprint density at radius 2 is 1.91 bits per heavy atom. The fourth-order valence-corrected chi connectivity index (χ4v) is 5.42. The Hall–Kier alpha value is -2.65. The van der Waals surface area contributed by atoms with Crippen molar-refractivity contribution in [1.82, 2.24) is 4.31 Å². The largest absolute Gasteiger partial charge is 0.495 e. The van der Waals surface area contributed by atoms with Gasteiger partial charge in [0.1, 0.15) is 28.8 Å². The second-order valence-electron chi connectivity index (χ2n) is 7.51. The molecule has 0 saturated heterocycles. The van der Waals surface area contributed by atoms with Crippen LogP contribution in [0.4, 0.5) is 4.39 Å². The first-order valence-electron chi connectivity index (χ1n) is 10.3. The number of halogens is 2. The van der Waals surface area contributed by atoms with Gasteiger partial charge in [0.05, 0.1) is 20.3 Å². The monoisotopic (exact) mass is 491 g/mol. The van der Waals surface area contributed by atoms with Crippen molar-refractivity contribution in [1.29, 1.82) is 0 Å². The number of benzene rings is 3. The van der Waals surface area contributed by atoms with Crippen molar-refractivity contribution in [2.75, 3.05) is 20.3 Å². The van der Waals surface area contributed by atoms with Gasteiger partial charge in [-0.05, 0) is 42.0 Å². The normalized spacial score (nSPS) is 14.3. The van der Waals surface area contributed by atoms with E-state index >= 15 is 0 Å². The van der Waals surface area contributed by atoms with E-state index in [1.807, 2.05) is 12.1 Å². The Kier molecular flexibility index (Phi) is 7.19. The Morgan fingerprint density at radius 3 is 2.70 bits per heavy atom. The first-order chi connectivity index (χ1) is 15.9. The predicted octanol–water partition coefficient (Wildman–Crippen LogP) is 4.79. The summed E-state index contributed by atoms with van der Waals surface area (Å²) in [6.07, 6.45) is 0. The van der Waals surface area contributed by atoms with Crippen LogP contribution in [0.15, 0.2) is 65.6 Å². The van der Waals surface area contributed by atoms with Gasteiger partial charge in [0.2, 0.25) is 10.0 Å². The quantitative estimate of drug-likeness (QED) is 0.475. The average Bonchev–Trinajstić information content (AvgIpc) is 3.03. The van der Waals surface area contributed by atoms with Crippen LogP contribution in [0.1, 0.15) is 16.7 Å². The van der Waals surface area contributed by atoms with Gasteiger partial charge in [-0.15, -0.1) is 0 Å². The summed E-state index contributed by atoms with van der Waals surface area (Å²) in [5, 5.41) is 0.301. The molecule has 0 N–H and O–H groups in total. The smallest absolute Gasteiger partial charge is 0.247 e. The van der Waals surface area contributed by atoms with E-state index < -0.39 is 10.0 Å². The number of ether oxygens (including phenoxy) is 3. The van der Waals surface area contributed by atoms with Gasteiger partial charge in [0.15, 0.2) is 0 Å². The van der Waals surface area contributed by atoms with E-state index in [-0.39, 0.29) is 49.4 Å². The lowest BCUT2D eigenvalue weighted by atomic mass is 10.1. The molecule has 9 heteroatoms. The molecule has 1 aliphatic rings. The van der Waals surface area contributed by atoms with Crippen molar-refractivity contribution in [3.8, 4) is 11.5 Å². The molecule has 0 radical (unpaired) electrons. The summed E-state index contributed by atoms with van der Waals surface area (Å²) in [6, 6.07) is 16.4. The molecule has 0 fully saturated rings. The molecule has 0 spiro atoms. The van der Waals surface area contributed by atoms with Gasteiger partial charge in [0, 0.05) is 29.2 Å². The minimum absolute atomic E-state index is 0.00493. The average molecular weight is 492 g/mol. The Labute approximate surface area is 197 Å². The highest BCUT2D eigenvalue weighted by atomic mass is 35.5. The molecule has 4 rings (SSSR count). The number of methoxy groups -OCH3 is 1. The maximum absolute atomic E-state index is 13.8. The van der Waals surface area contributed by atoms with E-state index in [0.29, 0.717) is 21.9 Å². The van der Waals surface area contributed by atoms with Gasteiger partial charge in [-0.25, -0.2) is 12.8 Å². The van der Waals surface area contributed by atoms with E-state index in [4.69, 9.17) is 25.8 Å². The van der Waals surface area contributed by atoms with Gasteiger partial charge in [0.25, 0.3) is 0 Å². The van der Waals surface area contributed by atoms with Crippen molar-refractivity contribution >= 4 is 21.6 Å². The van der Waals surface area contributed by atoms with Crippen LogP contribution in [0.5, 0.6) is 11.5 Å². The van der Waals surface area contributed by atoms with E-state index in [1.54, 1.807) is 30.3 Å². The number of nitrogens with zero attached hydrogens (tertiary/aromatic N) is 1.